The third kappa shape index (κ3) is 3.39. The Kier molecular flexibility index (Phi) is 4.55. The van der Waals surface area contributed by atoms with Crippen molar-refractivity contribution in [3.05, 3.63) is 24.3 Å². The fourth-order valence-electron chi connectivity index (χ4n) is 3.60. The largest absolute Gasteiger partial charge is 0.344 e. The van der Waals surface area contributed by atoms with Gasteiger partial charge in [-0.25, -0.2) is 9.78 Å². The number of hydrogen-bond donors (Lipinski definition) is 3. The molecule has 1 aliphatic carbocycles. The Balaban J connectivity index is 1.36. The van der Waals surface area contributed by atoms with Crippen LogP contribution >= 0.6 is 11.8 Å². The van der Waals surface area contributed by atoms with Gasteiger partial charge in [0.1, 0.15) is 5.54 Å². The summed E-state index contributed by atoms with van der Waals surface area (Å²) in [5, 5.41) is 4.23. The van der Waals surface area contributed by atoms with Crippen molar-refractivity contribution in [3.8, 4) is 0 Å². The first kappa shape index (κ1) is 17.8. The summed E-state index contributed by atoms with van der Waals surface area (Å²) in [5.74, 6) is -0.197. The SMILES string of the molecule is CC1CCC2(CC1)NC(=O)N(NC(=O)CSc1nc3ccccc3[nH]1)C2=O. The number of urea groups is 1. The molecule has 3 N–H and O–H groups in total. The molecule has 9 heteroatoms. The van der Waals surface area contributed by atoms with Crippen molar-refractivity contribution < 1.29 is 14.4 Å². The summed E-state index contributed by atoms with van der Waals surface area (Å²) in [7, 11) is 0. The molecular weight excluding hydrogens is 366 g/mol. The number of fused-ring (bicyclic) bond motifs is 1. The number of H-pyrrole nitrogens is 1. The van der Waals surface area contributed by atoms with E-state index >= 15 is 0 Å². The summed E-state index contributed by atoms with van der Waals surface area (Å²) in [6.45, 7) is 2.14. The average Bonchev–Trinajstić information content (AvgIpc) is 3.17. The Morgan fingerprint density at radius 2 is 2.07 bits per heavy atom. The van der Waals surface area contributed by atoms with Gasteiger partial charge in [-0.05, 0) is 43.7 Å². The lowest BCUT2D eigenvalue weighted by Crippen LogP contribution is -2.51. The summed E-state index contributed by atoms with van der Waals surface area (Å²) < 4.78 is 0. The van der Waals surface area contributed by atoms with Crippen LogP contribution in [0.25, 0.3) is 11.0 Å². The van der Waals surface area contributed by atoms with E-state index in [1.165, 1.54) is 11.8 Å². The van der Waals surface area contributed by atoms with Gasteiger partial charge in [-0.2, -0.15) is 5.01 Å². The maximum atomic E-state index is 12.7. The molecule has 8 nitrogen and oxygen atoms in total. The van der Waals surface area contributed by atoms with Crippen LogP contribution in [0.2, 0.25) is 0 Å². The second kappa shape index (κ2) is 6.88. The molecule has 27 heavy (non-hydrogen) atoms. The zero-order valence-corrected chi connectivity index (χ0v) is 15.8. The number of benzene rings is 1. The van der Waals surface area contributed by atoms with E-state index in [9.17, 15) is 14.4 Å². The van der Waals surface area contributed by atoms with Crippen molar-refractivity contribution in [2.45, 2.75) is 43.3 Å². The number of thioether (sulfide) groups is 1. The monoisotopic (exact) mass is 387 g/mol. The molecule has 1 aromatic heterocycles. The smallest absolute Gasteiger partial charge is 0.333 e. The summed E-state index contributed by atoms with van der Waals surface area (Å²) in [4.78, 5) is 44.7. The highest BCUT2D eigenvalue weighted by Crippen LogP contribution is 2.35. The normalized spacial score (nSPS) is 25.2. The quantitative estimate of drug-likeness (QED) is 0.551. The number of para-hydroxylation sites is 2. The maximum absolute atomic E-state index is 12.7. The first-order valence-corrected chi connectivity index (χ1v) is 9.99. The standard InChI is InChI=1S/C18H21N5O3S/c1-11-6-8-18(9-7-11)15(25)23(17(26)21-18)22-14(24)10-27-16-19-12-4-2-3-5-13(12)20-16/h2-5,11H,6-10H2,1H3,(H,19,20)(H,21,26)(H,22,24). The zero-order chi connectivity index (χ0) is 19.0. The number of nitrogens with zero attached hydrogens (tertiary/aromatic N) is 2. The van der Waals surface area contributed by atoms with Crippen LogP contribution in [0.5, 0.6) is 0 Å². The maximum Gasteiger partial charge on any atom is 0.344 e. The number of imide groups is 1. The number of rotatable bonds is 4. The van der Waals surface area contributed by atoms with Crippen LogP contribution in [0, 0.1) is 5.92 Å². The Labute approximate surface area is 160 Å². The molecule has 2 heterocycles. The first-order valence-electron chi connectivity index (χ1n) is 9.01. The molecule has 1 aliphatic heterocycles. The van der Waals surface area contributed by atoms with Gasteiger partial charge in [0, 0.05) is 0 Å². The number of amides is 4. The van der Waals surface area contributed by atoms with E-state index in [0.29, 0.717) is 23.9 Å². The van der Waals surface area contributed by atoms with Crippen LogP contribution in [0.3, 0.4) is 0 Å². The van der Waals surface area contributed by atoms with Gasteiger partial charge in [0.15, 0.2) is 5.16 Å². The number of aromatic nitrogens is 2. The van der Waals surface area contributed by atoms with E-state index in [2.05, 4.69) is 27.6 Å². The lowest BCUT2D eigenvalue weighted by Gasteiger charge is -2.33. The highest BCUT2D eigenvalue weighted by atomic mass is 32.2. The van der Waals surface area contributed by atoms with Crippen LogP contribution in [0.15, 0.2) is 29.4 Å². The van der Waals surface area contributed by atoms with Crippen molar-refractivity contribution in [1.29, 1.82) is 0 Å². The molecule has 2 aliphatic rings. The molecule has 1 saturated heterocycles. The van der Waals surface area contributed by atoms with Crippen LogP contribution in [0.1, 0.15) is 32.6 Å². The average molecular weight is 387 g/mol. The van der Waals surface area contributed by atoms with Gasteiger partial charge in [0.05, 0.1) is 16.8 Å². The number of carbonyl (C=O) groups excluding carboxylic acids is 3. The minimum absolute atomic E-state index is 0.0426. The molecule has 0 unspecified atom stereocenters. The third-order valence-electron chi connectivity index (χ3n) is 5.23. The van der Waals surface area contributed by atoms with Crippen molar-refractivity contribution in [2.75, 3.05) is 5.75 Å². The minimum atomic E-state index is -0.858. The van der Waals surface area contributed by atoms with Crippen LogP contribution in [-0.4, -0.2) is 44.1 Å². The molecule has 4 amide bonds. The number of aromatic amines is 1. The lowest BCUT2D eigenvalue weighted by molar-refractivity contribution is -0.139. The van der Waals surface area contributed by atoms with E-state index < -0.39 is 17.5 Å². The first-order chi connectivity index (χ1) is 13.0. The predicted octanol–water partition coefficient (Wildman–Crippen LogP) is 2.19. The van der Waals surface area contributed by atoms with Gasteiger partial charge in [0.25, 0.3) is 5.91 Å². The number of hydrogen-bond acceptors (Lipinski definition) is 5. The molecule has 1 saturated carbocycles. The molecule has 1 aromatic carbocycles. The number of imidazole rings is 1. The predicted molar refractivity (Wildman–Crippen MR) is 101 cm³/mol. The fraction of sp³-hybridized carbons (Fsp3) is 0.444. The Morgan fingerprint density at radius 1 is 1.33 bits per heavy atom. The second-order valence-electron chi connectivity index (χ2n) is 7.22. The molecular formula is C18H21N5O3S. The van der Waals surface area contributed by atoms with Gasteiger partial charge >= 0.3 is 6.03 Å². The summed E-state index contributed by atoms with van der Waals surface area (Å²) >= 11 is 1.22. The number of carbonyl (C=O) groups is 3. The third-order valence-corrected chi connectivity index (χ3v) is 6.11. The summed E-state index contributed by atoms with van der Waals surface area (Å²) in [6.07, 6.45) is 2.99. The van der Waals surface area contributed by atoms with Gasteiger partial charge in [-0.15, -0.1) is 0 Å². The highest BCUT2D eigenvalue weighted by molar-refractivity contribution is 7.99. The minimum Gasteiger partial charge on any atom is -0.333 e. The van der Waals surface area contributed by atoms with Crippen molar-refractivity contribution in [1.82, 2.24) is 25.7 Å². The van der Waals surface area contributed by atoms with E-state index in [1.54, 1.807) is 0 Å². The Bertz CT molecular complexity index is 870. The fourth-order valence-corrected chi connectivity index (χ4v) is 4.28. The zero-order valence-electron chi connectivity index (χ0n) is 14.9. The molecule has 0 bridgehead atoms. The van der Waals surface area contributed by atoms with Gasteiger partial charge < -0.3 is 10.3 Å². The molecule has 2 aromatic rings. The van der Waals surface area contributed by atoms with Crippen molar-refractivity contribution in [3.63, 3.8) is 0 Å². The van der Waals surface area contributed by atoms with Crippen LogP contribution in [-0.2, 0) is 9.59 Å². The molecule has 142 valence electrons. The summed E-state index contributed by atoms with van der Waals surface area (Å²) in [6, 6.07) is 7.03. The van der Waals surface area contributed by atoms with Crippen LogP contribution < -0.4 is 10.7 Å². The molecule has 0 radical (unpaired) electrons. The van der Waals surface area contributed by atoms with Gasteiger partial charge in [-0.1, -0.05) is 30.8 Å². The summed E-state index contributed by atoms with van der Waals surface area (Å²) in [5.41, 5.74) is 3.29. The van der Waals surface area contributed by atoms with E-state index in [4.69, 9.17) is 0 Å². The number of hydrazine groups is 1. The Hall–Kier alpha value is -2.55. The van der Waals surface area contributed by atoms with Crippen LogP contribution in [0.4, 0.5) is 4.79 Å². The highest BCUT2D eigenvalue weighted by Gasteiger charge is 2.52. The lowest BCUT2D eigenvalue weighted by atomic mass is 9.77. The Morgan fingerprint density at radius 3 is 2.81 bits per heavy atom. The molecule has 0 atom stereocenters. The molecule has 4 rings (SSSR count). The van der Waals surface area contributed by atoms with Gasteiger partial charge in [-0.3, -0.25) is 15.0 Å². The second-order valence-corrected chi connectivity index (χ2v) is 8.18. The topological polar surface area (TPSA) is 107 Å². The molecule has 1 spiro atoms. The van der Waals surface area contributed by atoms with E-state index in [0.717, 1.165) is 28.9 Å². The van der Waals surface area contributed by atoms with Crippen molar-refractivity contribution >= 4 is 40.6 Å². The van der Waals surface area contributed by atoms with Gasteiger partial charge in [0.2, 0.25) is 5.91 Å². The van der Waals surface area contributed by atoms with E-state index in [1.807, 2.05) is 24.3 Å². The van der Waals surface area contributed by atoms with E-state index in [-0.39, 0.29) is 11.7 Å². The number of nitrogens with one attached hydrogen (secondary N) is 3. The van der Waals surface area contributed by atoms with Crippen molar-refractivity contribution in [2.24, 2.45) is 5.92 Å². The molecule has 2 fully saturated rings.